The number of hydrogen-bond acceptors (Lipinski definition) is 5. The van der Waals surface area contributed by atoms with E-state index < -0.39 is 10.0 Å². The molecule has 0 bridgehead atoms. The largest absolute Gasteiger partial charge is 0.397 e. The van der Waals surface area contributed by atoms with Gasteiger partial charge in [0.05, 0.1) is 21.8 Å². The number of nitrogen functional groups attached to an aromatic ring is 1. The second kappa shape index (κ2) is 6.42. The summed E-state index contributed by atoms with van der Waals surface area (Å²) in [5.41, 5.74) is 6.57. The van der Waals surface area contributed by atoms with Crippen molar-refractivity contribution in [1.82, 2.24) is 19.7 Å². The van der Waals surface area contributed by atoms with E-state index in [0.29, 0.717) is 30.1 Å². The minimum atomic E-state index is -3.60. The maximum Gasteiger partial charge on any atom is 0.240 e. The van der Waals surface area contributed by atoms with E-state index >= 15 is 0 Å². The number of hydrogen-bond donors (Lipinski definition) is 2. The molecule has 0 amide bonds. The maximum atomic E-state index is 12.2. The standard InChI is InChI=1S/C12H16ClN5O2S/c1-9-7-10(8-11(14)12(9)13)21(19,20)16-3-2-5-18-6-4-15-17-18/h4,6-8,16H,2-3,5,14H2,1H3. The van der Waals surface area contributed by atoms with E-state index in [-0.39, 0.29) is 10.6 Å². The van der Waals surface area contributed by atoms with Crippen LogP contribution in [0.1, 0.15) is 12.0 Å². The molecule has 3 N–H and O–H groups in total. The third kappa shape index (κ3) is 3.93. The normalized spacial score (nSPS) is 11.7. The highest BCUT2D eigenvalue weighted by Gasteiger charge is 2.16. The van der Waals surface area contributed by atoms with Crippen molar-refractivity contribution in [2.24, 2.45) is 0 Å². The van der Waals surface area contributed by atoms with Gasteiger partial charge in [0.25, 0.3) is 0 Å². The summed E-state index contributed by atoms with van der Waals surface area (Å²) in [5, 5.41) is 7.85. The summed E-state index contributed by atoms with van der Waals surface area (Å²) in [6, 6.07) is 2.85. The fourth-order valence-corrected chi connectivity index (χ4v) is 3.10. The van der Waals surface area contributed by atoms with Crippen molar-refractivity contribution in [3.63, 3.8) is 0 Å². The van der Waals surface area contributed by atoms with Crippen LogP contribution in [-0.4, -0.2) is 30.0 Å². The summed E-state index contributed by atoms with van der Waals surface area (Å²) in [6.45, 7) is 2.59. The van der Waals surface area contributed by atoms with E-state index in [4.69, 9.17) is 17.3 Å². The van der Waals surface area contributed by atoms with Crippen LogP contribution < -0.4 is 10.5 Å². The van der Waals surface area contributed by atoms with Gasteiger partial charge in [-0.25, -0.2) is 13.1 Å². The smallest absolute Gasteiger partial charge is 0.240 e. The lowest BCUT2D eigenvalue weighted by Crippen LogP contribution is -2.26. The molecule has 1 heterocycles. The molecule has 7 nitrogen and oxygen atoms in total. The predicted molar refractivity (Wildman–Crippen MR) is 80.4 cm³/mol. The molecule has 0 radical (unpaired) electrons. The van der Waals surface area contributed by atoms with Crippen LogP contribution in [-0.2, 0) is 16.6 Å². The molecular weight excluding hydrogens is 314 g/mol. The monoisotopic (exact) mass is 329 g/mol. The number of benzene rings is 1. The van der Waals surface area contributed by atoms with Crippen LogP contribution in [0.5, 0.6) is 0 Å². The molecule has 0 aliphatic carbocycles. The molecule has 0 atom stereocenters. The molecule has 0 aliphatic rings. The van der Waals surface area contributed by atoms with Crippen LogP contribution >= 0.6 is 11.6 Å². The first kappa shape index (κ1) is 15.7. The van der Waals surface area contributed by atoms with E-state index in [0.717, 1.165) is 0 Å². The Kier molecular flexibility index (Phi) is 4.81. The minimum Gasteiger partial charge on any atom is -0.397 e. The number of rotatable bonds is 6. The number of nitrogens with one attached hydrogen (secondary N) is 1. The lowest BCUT2D eigenvalue weighted by molar-refractivity contribution is 0.542. The van der Waals surface area contributed by atoms with Crippen molar-refractivity contribution >= 4 is 27.3 Å². The Labute approximate surface area is 128 Å². The highest BCUT2D eigenvalue weighted by atomic mass is 35.5. The second-order valence-electron chi connectivity index (χ2n) is 4.56. The summed E-state index contributed by atoms with van der Waals surface area (Å²) in [6.07, 6.45) is 3.89. The van der Waals surface area contributed by atoms with Gasteiger partial charge in [-0.05, 0) is 31.0 Å². The van der Waals surface area contributed by atoms with E-state index in [2.05, 4.69) is 15.0 Å². The van der Waals surface area contributed by atoms with Crippen LogP contribution in [0, 0.1) is 6.92 Å². The summed E-state index contributed by atoms with van der Waals surface area (Å²) < 4.78 is 28.5. The predicted octanol–water partition coefficient (Wildman–Crippen LogP) is 1.19. The first-order valence-corrected chi connectivity index (χ1v) is 8.15. The molecular formula is C12H16ClN5O2S. The Balaban J connectivity index is 1.98. The van der Waals surface area contributed by atoms with E-state index in [1.807, 2.05) is 0 Å². The molecule has 1 aromatic carbocycles. The van der Waals surface area contributed by atoms with Gasteiger partial charge in [-0.2, -0.15) is 0 Å². The molecule has 2 rings (SSSR count). The molecule has 1 aromatic heterocycles. The molecule has 114 valence electrons. The number of anilines is 1. The van der Waals surface area contributed by atoms with Gasteiger partial charge in [-0.1, -0.05) is 16.8 Å². The third-order valence-corrected chi connectivity index (χ3v) is 4.85. The Morgan fingerprint density at radius 2 is 2.19 bits per heavy atom. The minimum absolute atomic E-state index is 0.114. The number of halogens is 1. The van der Waals surface area contributed by atoms with Crippen molar-refractivity contribution in [3.05, 3.63) is 35.1 Å². The lowest BCUT2D eigenvalue weighted by Gasteiger charge is -2.10. The maximum absolute atomic E-state index is 12.2. The topological polar surface area (TPSA) is 103 Å². The fourth-order valence-electron chi connectivity index (χ4n) is 1.80. The number of sulfonamides is 1. The molecule has 9 heteroatoms. The lowest BCUT2D eigenvalue weighted by atomic mass is 10.2. The van der Waals surface area contributed by atoms with Crippen LogP contribution in [0.15, 0.2) is 29.4 Å². The zero-order valence-electron chi connectivity index (χ0n) is 11.5. The molecule has 0 aliphatic heterocycles. The average Bonchev–Trinajstić information content (AvgIpc) is 2.93. The summed E-state index contributed by atoms with van der Waals surface area (Å²) >= 11 is 5.93. The Hall–Kier alpha value is -1.64. The number of nitrogens with zero attached hydrogens (tertiary/aromatic N) is 3. The van der Waals surface area contributed by atoms with E-state index in [9.17, 15) is 8.42 Å². The van der Waals surface area contributed by atoms with Gasteiger partial charge in [0.15, 0.2) is 0 Å². The molecule has 0 saturated heterocycles. The zero-order valence-corrected chi connectivity index (χ0v) is 13.0. The molecule has 21 heavy (non-hydrogen) atoms. The second-order valence-corrected chi connectivity index (χ2v) is 6.71. The first-order valence-electron chi connectivity index (χ1n) is 6.29. The summed E-state index contributed by atoms with van der Waals surface area (Å²) in [4.78, 5) is 0.114. The van der Waals surface area contributed by atoms with E-state index in [1.165, 1.54) is 12.1 Å². The van der Waals surface area contributed by atoms with Crippen LogP contribution in [0.3, 0.4) is 0 Å². The van der Waals surface area contributed by atoms with Crippen LogP contribution in [0.2, 0.25) is 5.02 Å². The van der Waals surface area contributed by atoms with Gasteiger partial charge in [-0.3, -0.25) is 4.68 Å². The first-order chi connectivity index (χ1) is 9.90. The van der Waals surface area contributed by atoms with Crippen molar-refractivity contribution < 1.29 is 8.42 Å². The zero-order chi connectivity index (χ0) is 15.5. The molecule has 0 saturated carbocycles. The summed E-state index contributed by atoms with van der Waals surface area (Å²) in [7, 11) is -3.60. The molecule has 2 aromatic rings. The molecule has 0 fully saturated rings. The van der Waals surface area contributed by atoms with Gasteiger partial charge in [-0.15, -0.1) is 5.10 Å². The Morgan fingerprint density at radius 3 is 2.81 bits per heavy atom. The van der Waals surface area contributed by atoms with Gasteiger partial charge in [0.1, 0.15) is 0 Å². The molecule has 0 spiro atoms. The van der Waals surface area contributed by atoms with Gasteiger partial charge >= 0.3 is 0 Å². The van der Waals surface area contributed by atoms with Crippen molar-refractivity contribution in [2.75, 3.05) is 12.3 Å². The van der Waals surface area contributed by atoms with Gasteiger partial charge in [0.2, 0.25) is 10.0 Å². The van der Waals surface area contributed by atoms with Crippen molar-refractivity contribution in [1.29, 1.82) is 0 Å². The molecule has 0 unspecified atom stereocenters. The third-order valence-electron chi connectivity index (χ3n) is 2.89. The number of aryl methyl sites for hydroxylation is 2. The fraction of sp³-hybridized carbons (Fsp3) is 0.333. The summed E-state index contributed by atoms with van der Waals surface area (Å²) in [5.74, 6) is 0. The Morgan fingerprint density at radius 1 is 1.43 bits per heavy atom. The van der Waals surface area contributed by atoms with E-state index in [1.54, 1.807) is 24.0 Å². The quantitative estimate of drug-likeness (QED) is 0.612. The van der Waals surface area contributed by atoms with Crippen LogP contribution in [0.4, 0.5) is 5.69 Å². The SMILES string of the molecule is Cc1cc(S(=O)(=O)NCCCn2ccnn2)cc(N)c1Cl. The average molecular weight is 330 g/mol. The van der Waals surface area contributed by atoms with Gasteiger partial charge in [0, 0.05) is 19.3 Å². The van der Waals surface area contributed by atoms with Crippen molar-refractivity contribution in [3.8, 4) is 0 Å². The Bertz CT molecular complexity index is 692. The highest BCUT2D eigenvalue weighted by molar-refractivity contribution is 7.89. The highest BCUT2D eigenvalue weighted by Crippen LogP contribution is 2.26. The van der Waals surface area contributed by atoms with Crippen molar-refractivity contribution in [2.45, 2.75) is 24.8 Å². The van der Waals surface area contributed by atoms with Gasteiger partial charge < -0.3 is 5.73 Å². The number of aromatic nitrogens is 3. The van der Waals surface area contributed by atoms with Crippen LogP contribution in [0.25, 0.3) is 0 Å². The number of nitrogens with two attached hydrogens (primary N) is 1.